The minimum Gasteiger partial charge on any atom is -0.497 e. The highest BCUT2D eigenvalue weighted by Crippen LogP contribution is 2.29. The number of ether oxygens (including phenoxy) is 1. The van der Waals surface area contributed by atoms with Gasteiger partial charge >= 0.3 is 0 Å². The Balaban J connectivity index is 1.67. The van der Waals surface area contributed by atoms with Crippen LogP contribution >= 0.6 is 0 Å². The maximum atomic E-state index is 13.4. The maximum absolute atomic E-state index is 13.4. The second-order valence-corrected chi connectivity index (χ2v) is 7.91. The van der Waals surface area contributed by atoms with Crippen LogP contribution in [-0.4, -0.2) is 35.8 Å². The van der Waals surface area contributed by atoms with Gasteiger partial charge in [-0.05, 0) is 61.0 Å². The van der Waals surface area contributed by atoms with Crippen LogP contribution in [0.15, 0.2) is 72.8 Å². The highest BCUT2D eigenvalue weighted by atomic mass is 19.1. The van der Waals surface area contributed by atoms with Gasteiger partial charge in [-0.3, -0.25) is 14.4 Å². The molecule has 6 nitrogen and oxygen atoms in total. The van der Waals surface area contributed by atoms with Crippen molar-refractivity contribution in [3.8, 4) is 5.75 Å². The molecule has 7 heteroatoms. The number of methoxy groups -OCH3 is 1. The smallest absolute Gasteiger partial charge is 0.257 e. The van der Waals surface area contributed by atoms with Crippen molar-refractivity contribution < 1.29 is 23.5 Å². The third-order valence-electron chi connectivity index (χ3n) is 5.66. The lowest BCUT2D eigenvalue weighted by atomic mass is 10.1. The summed E-state index contributed by atoms with van der Waals surface area (Å²) >= 11 is 0. The molecular weight excluding hydrogens is 423 g/mol. The zero-order chi connectivity index (χ0) is 23.5. The van der Waals surface area contributed by atoms with Crippen LogP contribution in [0.4, 0.5) is 10.1 Å². The van der Waals surface area contributed by atoms with E-state index in [1.54, 1.807) is 24.3 Å². The van der Waals surface area contributed by atoms with E-state index in [9.17, 15) is 18.8 Å². The average molecular weight is 446 g/mol. The third kappa shape index (κ3) is 4.62. The van der Waals surface area contributed by atoms with Gasteiger partial charge in [0.05, 0.1) is 19.2 Å². The Hall–Kier alpha value is -4.00. The van der Waals surface area contributed by atoms with Crippen molar-refractivity contribution in [2.75, 3.05) is 12.0 Å². The summed E-state index contributed by atoms with van der Waals surface area (Å²) in [5, 5.41) is 0. The number of carbonyl (C=O) groups excluding carboxylic acids is 3. The molecule has 0 bridgehead atoms. The van der Waals surface area contributed by atoms with Crippen molar-refractivity contribution in [1.82, 2.24) is 4.90 Å². The number of imide groups is 1. The zero-order valence-electron chi connectivity index (χ0n) is 18.3. The minimum atomic E-state index is -0.974. The lowest BCUT2D eigenvalue weighted by Crippen LogP contribution is -2.45. The maximum Gasteiger partial charge on any atom is 0.257 e. The Labute approximate surface area is 191 Å². The van der Waals surface area contributed by atoms with Crippen LogP contribution in [0.1, 0.15) is 27.9 Å². The van der Waals surface area contributed by atoms with Crippen molar-refractivity contribution in [2.24, 2.45) is 0 Å². The van der Waals surface area contributed by atoms with Crippen LogP contribution in [0.25, 0.3) is 0 Å². The van der Waals surface area contributed by atoms with Crippen molar-refractivity contribution in [3.05, 3.63) is 95.3 Å². The highest BCUT2D eigenvalue weighted by molar-refractivity contribution is 6.23. The molecule has 1 aliphatic rings. The van der Waals surface area contributed by atoms with E-state index < -0.39 is 29.6 Å². The molecule has 33 heavy (non-hydrogen) atoms. The van der Waals surface area contributed by atoms with Crippen LogP contribution in [0, 0.1) is 12.7 Å². The molecule has 1 fully saturated rings. The van der Waals surface area contributed by atoms with Crippen molar-refractivity contribution in [3.63, 3.8) is 0 Å². The molecule has 168 valence electrons. The number of nitrogens with zero attached hydrogens (tertiary/aromatic N) is 2. The Kier molecular flexibility index (Phi) is 6.22. The van der Waals surface area contributed by atoms with Crippen LogP contribution in [0.3, 0.4) is 0 Å². The van der Waals surface area contributed by atoms with Crippen molar-refractivity contribution in [1.29, 1.82) is 0 Å². The molecule has 1 unspecified atom stereocenters. The van der Waals surface area contributed by atoms with Crippen molar-refractivity contribution >= 4 is 23.4 Å². The largest absolute Gasteiger partial charge is 0.497 e. The van der Waals surface area contributed by atoms with Gasteiger partial charge in [0.25, 0.3) is 11.8 Å². The first-order valence-corrected chi connectivity index (χ1v) is 10.5. The summed E-state index contributed by atoms with van der Waals surface area (Å²) in [5.74, 6) is -1.18. The predicted octanol–water partition coefficient (Wildman–Crippen LogP) is 4.12. The summed E-state index contributed by atoms with van der Waals surface area (Å²) in [5.41, 5.74) is 2.54. The molecule has 3 aromatic carbocycles. The fourth-order valence-corrected chi connectivity index (χ4v) is 3.83. The van der Waals surface area contributed by atoms with Gasteiger partial charge < -0.3 is 9.64 Å². The van der Waals surface area contributed by atoms with E-state index >= 15 is 0 Å². The normalized spacial score (nSPS) is 15.6. The summed E-state index contributed by atoms with van der Waals surface area (Å²) in [6.45, 7) is 2.09. The van der Waals surface area contributed by atoms with Crippen LogP contribution < -0.4 is 9.64 Å². The molecule has 0 radical (unpaired) electrons. The Bertz CT molecular complexity index is 1170. The summed E-state index contributed by atoms with van der Waals surface area (Å²) in [7, 11) is 1.53. The SMILES string of the molecule is COc1ccc(N2C(=O)CC(N(Cc3ccc(C)cc3)C(=O)c3ccc(F)cc3)C2=O)cc1. The fourth-order valence-electron chi connectivity index (χ4n) is 3.83. The molecule has 3 amide bonds. The van der Waals surface area contributed by atoms with Crippen molar-refractivity contribution in [2.45, 2.75) is 25.9 Å². The second-order valence-electron chi connectivity index (χ2n) is 7.91. The molecule has 3 aromatic rings. The molecule has 0 N–H and O–H groups in total. The number of carbonyl (C=O) groups is 3. The number of hydrogen-bond acceptors (Lipinski definition) is 4. The molecule has 1 saturated heterocycles. The molecule has 0 saturated carbocycles. The van der Waals surface area contributed by atoms with Crippen LogP contribution in [0.2, 0.25) is 0 Å². The molecule has 1 aliphatic heterocycles. The molecular formula is C26H23FN2O4. The first-order valence-electron chi connectivity index (χ1n) is 10.5. The monoisotopic (exact) mass is 446 g/mol. The number of benzene rings is 3. The van der Waals surface area contributed by atoms with Gasteiger partial charge in [-0.2, -0.15) is 0 Å². The van der Waals surface area contributed by atoms with Crippen LogP contribution in [-0.2, 0) is 16.1 Å². The van der Waals surface area contributed by atoms with E-state index in [1.807, 2.05) is 31.2 Å². The third-order valence-corrected chi connectivity index (χ3v) is 5.66. The molecule has 0 aliphatic carbocycles. The van der Waals surface area contributed by atoms with E-state index in [1.165, 1.54) is 36.3 Å². The Morgan fingerprint density at radius 3 is 2.24 bits per heavy atom. The minimum absolute atomic E-state index is 0.135. The molecule has 0 aromatic heterocycles. The number of anilines is 1. The van der Waals surface area contributed by atoms with Gasteiger partial charge in [0.15, 0.2) is 0 Å². The van der Waals surface area contributed by atoms with E-state index in [4.69, 9.17) is 4.74 Å². The number of hydrogen-bond donors (Lipinski definition) is 0. The number of rotatable bonds is 6. The summed E-state index contributed by atoms with van der Waals surface area (Å²) < 4.78 is 18.5. The fraction of sp³-hybridized carbons (Fsp3) is 0.192. The summed E-state index contributed by atoms with van der Waals surface area (Å²) in [4.78, 5) is 42.1. The van der Waals surface area contributed by atoms with E-state index in [-0.39, 0.29) is 18.5 Å². The average Bonchev–Trinajstić information content (AvgIpc) is 3.12. The highest BCUT2D eigenvalue weighted by Gasteiger charge is 2.44. The first kappa shape index (κ1) is 22.2. The molecule has 4 rings (SSSR count). The lowest BCUT2D eigenvalue weighted by molar-refractivity contribution is -0.122. The van der Waals surface area contributed by atoms with E-state index in [0.717, 1.165) is 16.0 Å². The van der Waals surface area contributed by atoms with Crippen LogP contribution in [0.5, 0.6) is 5.75 Å². The number of halogens is 1. The molecule has 1 heterocycles. The van der Waals surface area contributed by atoms with Gasteiger partial charge in [0.1, 0.15) is 17.6 Å². The first-order chi connectivity index (χ1) is 15.9. The summed E-state index contributed by atoms with van der Waals surface area (Å²) in [6, 6.07) is 18.3. The quantitative estimate of drug-likeness (QED) is 0.535. The number of aryl methyl sites for hydroxylation is 1. The van der Waals surface area contributed by atoms with Gasteiger partial charge in [0.2, 0.25) is 5.91 Å². The van der Waals surface area contributed by atoms with Gasteiger partial charge in [-0.15, -0.1) is 0 Å². The molecule has 0 spiro atoms. The van der Waals surface area contributed by atoms with Gasteiger partial charge in [0, 0.05) is 12.1 Å². The van der Waals surface area contributed by atoms with Gasteiger partial charge in [-0.1, -0.05) is 29.8 Å². The topological polar surface area (TPSA) is 66.9 Å². The van der Waals surface area contributed by atoms with E-state index in [0.29, 0.717) is 11.4 Å². The standard InChI is InChI=1S/C26H23FN2O4/c1-17-3-5-18(6-4-17)16-28(25(31)19-7-9-20(27)10-8-19)23-15-24(30)29(26(23)32)21-11-13-22(33-2)14-12-21/h3-14,23H,15-16H2,1-2H3. The second kappa shape index (κ2) is 9.24. The Morgan fingerprint density at radius 1 is 1.00 bits per heavy atom. The zero-order valence-corrected chi connectivity index (χ0v) is 18.3. The predicted molar refractivity (Wildman–Crippen MR) is 121 cm³/mol. The van der Waals surface area contributed by atoms with E-state index in [2.05, 4.69) is 0 Å². The number of amides is 3. The Morgan fingerprint density at radius 2 is 1.64 bits per heavy atom. The molecule has 1 atom stereocenters. The summed E-state index contributed by atoms with van der Waals surface area (Å²) in [6.07, 6.45) is -0.135. The lowest BCUT2D eigenvalue weighted by Gasteiger charge is -2.28. The van der Waals surface area contributed by atoms with Gasteiger partial charge in [-0.25, -0.2) is 9.29 Å².